The van der Waals surface area contributed by atoms with E-state index < -0.39 is 0 Å². The van der Waals surface area contributed by atoms with Gasteiger partial charge in [0.05, 0.1) is 19.1 Å². The number of likely N-dealkylation sites (tertiary alicyclic amines) is 1. The molecule has 0 radical (unpaired) electrons. The van der Waals surface area contributed by atoms with Crippen molar-refractivity contribution < 1.29 is 9.32 Å². The first-order chi connectivity index (χ1) is 11.2. The zero-order valence-electron chi connectivity index (χ0n) is 13.8. The van der Waals surface area contributed by atoms with Gasteiger partial charge in [0, 0.05) is 39.3 Å². The van der Waals surface area contributed by atoms with Crippen molar-refractivity contribution in [2.24, 2.45) is 5.73 Å². The molecule has 1 aromatic rings. The van der Waals surface area contributed by atoms with Gasteiger partial charge in [0.15, 0.2) is 5.82 Å². The standard InChI is InChI=1S/C15H26N6O2/c1-12(15(22)21-4-2-3-5-21)20-8-6-19(7-9-20)11-13-17-14(10-16)23-18-13/h12H,2-11,16H2,1H3. The van der Waals surface area contributed by atoms with E-state index in [0.29, 0.717) is 18.3 Å². The molecule has 2 aliphatic heterocycles. The average molecular weight is 322 g/mol. The molecule has 1 aromatic heterocycles. The van der Waals surface area contributed by atoms with Crippen LogP contribution in [0, 0.1) is 0 Å². The van der Waals surface area contributed by atoms with E-state index in [1.165, 1.54) is 0 Å². The molecule has 2 fully saturated rings. The predicted octanol–water partition coefficient (Wildman–Crippen LogP) is -0.343. The summed E-state index contributed by atoms with van der Waals surface area (Å²) in [5.41, 5.74) is 5.48. The molecular formula is C15H26N6O2. The average Bonchev–Trinajstić information content (AvgIpc) is 3.26. The number of aromatic nitrogens is 2. The van der Waals surface area contributed by atoms with Gasteiger partial charge in [0.25, 0.3) is 0 Å². The number of nitrogens with zero attached hydrogens (tertiary/aromatic N) is 5. The molecule has 8 nitrogen and oxygen atoms in total. The van der Waals surface area contributed by atoms with Crippen molar-refractivity contribution in [2.45, 2.75) is 38.9 Å². The molecule has 0 aliphatic carbocycles. The van der Waals surface area contributed by atoms with Crippen molar-refractivity contribution in [1.29, 1.82) is 0 Å². The van der Waals surface area contributed by atoms with Gasteiger partial charge >= 0.3 is 0 Å². The van der Waals surface area contributed by atoms with Crippen molar-refractivity contribution in [3.05, 3.63) is 11.7 Å². The SMILES string of the molecule is CC(C(=O)N1CCCC1)N1CCN(Cc2noc(CN)n2)CC1. The lowest BCUT2D eigenvalue weighted by atomic mass is 10.2. The molecule has 1 atom stereocenters. The van der Waals surface area contributed by atoms with E-state index in [1.54, 1.807) is 0 Å². The molecule has 23 heavy (non-hydrogen) atoms. The van der Waals surface area contributed by atoms with Crippen LogP contribution in [0.1, 0.15) is 31.5 Å². The molecule has 2 saturated heterocycles. The normalized spacial score (nSPS) is 21.7. The topological polar surface area (TPSA) is 91.7 Å². The van der Waals surface area contributed by atoms with E-state index in [2.05, 4.69) is 19.9 Å². The first-order valence-electron chi connectivity index (χ1n) is 8.44. The van der Waals surface area contributed by atoms with E-state index in [4.69, 9.17) is 10.3 Å². The number of nitrogens with two attached hydrogens (primary N) is 1. The Morgan fingerprint density at radius 3 is 2.52 bits per heavy atom. The summed E-state index contributed by atoms with van der Waals surface area (Å²) in [6, 6.07) is -0.0238. The van der Waals surface area contributed by atoms with Gasteiger partial charge in [-0.25, -0.2) is 0 Å². The summed E-state index contributed by atoms with van der Waals surface area (Å²) in [6.45, 7) is 8.42. The zero-order valence-corrected chi connectivity index (χ0v) is 13.8. The first kappa shape index (κ1) is 16.4. The lowest BCUT2D eigenvalue weighted by Crippen LogP contribution is -2.54. The summed E-state index contributed by atoms with van der Waals surface area (Å²) in [4.78, 5) is 23.3. The molecule has 0 aromatic carbocycles. The van der Waals surface area contributed by atoms with Gasteiger partial charge in [-0.3, -0.25) is 14.6 Å². The Balaban J connectivity index is 1.46. The van der Waals surface area contributed by atoms with Gasteiger partial charge in [0.2, 0.25) is 11.8 Å². The van der Waals surface area contributed by atoms with Crippen molar-refractivity contribution in [3.8, 4) is 0 Å². The van der Waals surface area contributed by atoms with Crippen LogP contribution < -0.4 is 5.73 Å². The summed E-state index contributed by atoms with van der Waals surface area (Å²) < 4.78 is 5.03. The molecule has 3 heterocycles. The Hall–Kier alpha value is -1.51. The van der Waals surface area contributed by atoms with Crippen LogP contribution in [-0.4, -0.2) is 76.1 Å². The first-order valence-corrected chi connectivity index (χ1v) is 8.44. The summed E-state index contributed by atoms with van der Waals surface area (Å²) in [5, 5.41) is 3.93. The fourth-order valence-electron chi connectivity index (χ4n) is 3.30. The summed E-state index contributed by atoms with van der Waals surface area (Å²) >= 11 is 0. The summed E-state index contributed by atoms with van der Waals surface area (Å²) in [7, 11) is 0. The lowest BCUT2D eigenvalue weighted by Gasteiger charge is -2.38. The van der Waals surface area contributed by atoms with Crippen LogP contribution in [0.4, 0.5) is 0 Å². The van der Waals surface area contributed by atoms with E-state index >= 15 is 0 Å². The van der Waals surface area contributed by atoms with Crippen LogP contribution in [0.25, 0.3) is 0 Å². The highest BCUT2D eigenvalue weighted by Gasteiger charge is 2.30. The Bertz CT molecular complexity index is 520. The van der Waals surface area contributed by atoms with Crippen LogP contribution in [-0.2, 0) is 17.9 Å². The number of carbonyl (C=O) groups excluding carboxylic acids is 1. The smallest absolute Gasteiger partial charge is 0.240 e. The van der Waals surface area contributed by atoms with Crippen molar-refractivity contribution in [2.75, 3.05) is 39.3 Å². The fourth-order valence-corrected chi connectivity index (χ4v) is 3.30. The third kappa shape index (κ3) is 3.88. The van der Waals surface area contributed by atoms with Crippen LogP contribution in [0.15, 0.2) is 4.52 Å². The molecule has 0 saturated carbocycles. The molecule has 128 valence electrons. The number of hydrogen-bond donors (Lipinski definition) is 1. The minimum absolute atomic E-state index is 0.0238. The van der Waals surface area contributed by atoms with Crippen LogP contribution in [0.3, 0.4) is 0 Å². The van der Waals surface area contributed by atoms with Crippen LogP contribution in [0.2, 0.25) is 0 Å². The second-order valence-corrected chi connectivity index (χ2v) is 6.33. The van der Waals surface area contributed by atoms with Gasteiger partial charge in [-0.2, -0.15) is 4.98 Å². The van der Waals surface area contributed by atoms with Crippen molar-refractivity contribution >= 4 is 5.91 Å². The Kier molecular flexibility index (Phi) is 5.24. The maximum absolute atomic E-state index is 12.5. The fraction of sp³-hybridized carbons (Fsp3) is 0.800. The predicted molar refractivity (Wildman–Crippen MR) is 84.3 cm³/mol. The minimum Gasteiger partial charge on any atom is -0.341 e. The van der Waals surface area contributed by atoms with Crippen molar-refractivity contribution in [1.82, 2.24) is 24.8 Å². The molecule has 8 heteroatoms. The monoisotopic (exact) mass is 322 g/mol. The molecule has 1 unspecified atom stereocenters. The molecule has 2 aliphatic rings. The number of carbonyl (C=O) groups is 1. The van der Waals surface area contributed by atoms with Gasteiger partial charge < -0.3 is 15.2 Å². The second-order valence-electron chi connectivity index (χ2n) is 6.33. The van der Waals surface area contributed by atoms with Gasteiger partial charge in [-0.1, -0.05) is 5.16 Å². The van der Waals surface area contributed by atoms with Crippen LogP contribution >= 0.6 is 0 Å². The molecule has 2 N–H and O–H groups in total. The molecular weight excluding hydrogens is 296 g/mol. The van der Waals surface area contributed by atoms with E-state index in [0.717, 1.165) is 52.1 Å². The maximum atomic E-state index is 12.5. The highest BCUT2D eigenvalue weighted by atomic mass is 16.5. The minimum atomic E-state index is -0.0238. The summed E-state index contributed by atoms with van der Waals surface area (Å²) in [5.74, 6) is 1.44. The van der Waals surface area contributed by atoms with Crippen LogP contribution in [0.5, 0.6) is 0 Å². The number of hydrogen-bond acceptors (Lipinski definition) is 7. The number of rotatable bonds is 5. The highest BCUT2D eigenvalue weighted by molar-refractivity contribution is 5.81. The number of amides is 1. The van der Waals surface area contributed by atoms with E-state index in [9.17, 15) is 4.79 Å². The van der Waals surface area contributed by atoms with Crippen molar-refractivity contribution in [3.63, 3.8) is 0 Å². The zero-order chi connectivity index (χ0) is 16.2. The Morgan fingerprint density at radius 1 is 1.22 bits per heavy atom. The third-order valence-corrected chi connectivity index (χ3v) is 4.78. The van der Waals surface area contributed by atoms with E-state index in [-0.39, 0.29) is 18.5 Å². The molecule has 0 bridgehead atoms. The van der Waals surface area contributed by atoms with Gasteiger partial charge in [0.1, 0.15) is 0 Å². The Labute approximate surface area is 136 Å². The highest BCUT2D eigenvalue weighted by Crippen LogP contribution is 2.14. The second kappa shape index (κ2) is 7.37. The van der Waals surface area contributed by atoms with Gasteiger partial charge in [-0.05, 0) is 19.8 Å². The Morgan fingerprint density at radius 2 is 1.91 bits per heavy atom. The third-order valence-electron chi connectivity index (χ3n) is 4.78. The summed E-state index contributed by atoms with van der Waals surface area (Å²) in [6.07, 6.45) is 2.28. The van der Waals surface area contributed by atoms with Gasteiger partial charge in [-0.15, -0.1) is 0 Å². The maximum Gasteiger partial charge on any atom is 0.240 e. The quantitative estimate of drug-likeness (QED) is 0.792. The van der Waals surface area contributed by atoms with E-state index in [1.807, 2.05) is 11.8 Å². The number of piperazine rings is 1. The molecule has 3 rings (SSSR count). The molecule has 0 spiro atoms. The largest absolute Gasteiger partial charge is 0.341 e. The lowest BCUT2D eigenvalue weighted by molar-refractivity contribution is -0.136. The molecule has 1 amide bonds.